The van der Waals surface area contributed by atoms with E-state index in [4.69, 9.17) is 9.47 Å². The number of hydrogen-bond acceptors (Lipinski definition) is 4. The van der Waals surface area contributed by atoms with Gasteiger partial charge in [0.2, 0.25) is 0 Å². The van der Waals surface area contributed by atoms with Crippen molar-refractivity contribution in [3.63, 3.8) is 0 Å². The molecule has 1 atom stereocenters. The number of rotatable bonds is 10. The van der Waals surface area contributed by atoms with E-state index in [2.05, 4.69) is 5.32 Å². The molecule has 2 rings (SSSR count). The van der Waals surface area contributed by atoms with E-state index in [1.807, 2.05) is 44.2 Å². The lowest BCUT2D eigenvalue weighted by Crippen LogP contribution is -2.36. The van der Waals surface area contributed by atoms with Gasteiger partial charge in [-0.15, -0.1) is 0 Å². The van der Waals surface area contributed by atoms with Gasteiger partial charge in [0.25, 0.3) is 5.91 Å². The number of carbonyl (C=O) groups is 1. The van der Waals surface area contributed by atoms with Crippen molar-refractivity contribution in [3.05, 3.63) is 59.7 Å². The minimum absolute atomic E-state index is 0.189. The van der Waals surface area contributed by atoms with Crippen molar-refractivity contribution in [2.75, 3.05) is 13.7 Å². The third-order valence-electron chi connectivity index (χ3n) is 4.73. The first-order valence-electron chi connectivity index (χ1n) is 9.40. The normalized spacial score (nSPS) is 11.9. The molecule has 0 heterocycles. The van der Waals surface area contributed by atoms with Crippen molar-refractivity contribution in [1.82, 2.24) is 5.32 Å². The fraction of sp³-hybridized carbons (Fsp3) is 0.409. The van der Waals surface area contributed by atoms with Crippen molar-refractivity contribution in [2.45, 2.75) is 39.4 Å². The van der Waals surface area contributed by atoms with E-state index in [0.717, 1.165) is 18.4 Å². The number of carbonyl (C=O) groups excluding carboxylic acids is 1. The molecule has 0 saturated carbocycles. The Balaban J connectivity index is 1.98. The quantitative estimate of drug-likeness (QED) is 0.667. The highest BCUT2D eigenvalue weighted by atomic mass is 16.5. The summed E-state index contributed by atoms with van der Waals surface area (Å²) in [6.45, 7) is 4.74. The molecule has 0 spiro atoms. The number of nitrogens with one attached hydrogen (secondary N) is 1. The van der Waals surface area contributed by atoms with Gasteiger partial charge in [-0.1, -0.05) is 57.0 Å². The van der Waals surface area contributed by atoms with Crippen LogP contribution in [0.3, 0.4) is 0 Å². The van der Waals surface area contributed by atoms with Gasteiger partial charge in [-0.3, -0.25) is 4.79 Å². The highest BCUT2D eigenvalue weighted by Crippen LogP contribution is 2.29. The lowest BCUT2D eigenvalue weighted by atomic mass is 9.96. The van der Waals surface area contributed by atoms with Gasteiger partial charge in [0.1, 0.15) is 6.61 Å². The lowest BCUT2D eigenvalue weighted by Gasteiger charge is -2.20. The molecule has 0 bridgehead atoms. The molecule has 0 radical (unpaired) electrons. The maximum Gasteiger partial charge on any atom is 0.251 e. The number of amides is 1. The molecule has 0 aliphatic heterocycles. The Morgan fingerprint density at radius 2 is 1.78 bits per heavy atom. The summed E-state index contributed by atoms with van der Waals surface area (Å²) in [7, 11) is 1.54. The summed E-state index contributed by atoms with van der Waals surface area (Å²) in [6, 6.07) is 14.9. The molecule has 2 aromatic carbocycles. The Bertz CT molecular complexity index is 714. The fourth-order valence-electron chi connectivity index (χ4n) is 2.96. The molecule has 2 N–H and O–H groups in total. The van der Waals surface area contributed by atoms with Crippen LogP contribution in [0.2, 0.25) is 0 Å². The van der Waals surface area contributed by atoms with Crippen LogP contribution >= 0.6 is 0 Å². The zero-order valence-electron chi connectivity index (χ0n) is 16.3. The van der Waals surface area contributed by atoms with Crippen molar-refractivity contribution >= 4 is 5.91 Å². The molecule has 0 aromatic heterocycles. The summed E-state index contributed by atoms with van der Waals surface area (Å²) in [5, 5.41) is 13.0. The minimum Gasteiger partial charge on any atom is -0.493 e. The molecule has 0 fully saturated rings. The van der Waals surface area contributed by atoms with Crippen molar-refractivity contribution in [2.24, 2.45) is 5.92 Å². The van der Waals surface area contributed by atoms with Gasteiger partial charge in [0.15, 0.2) is 11.5 Å². The van der Waals surface area contributed by atoms with E-state index in [9.17, 15) is 9.90 Å². The average Bonchev–Trinajstić information content (AvgIpc) is 2.72. The smallest absolute Gasteiger partial charge is 0.251 e. The summed E-state index contributed by atoms with van der Waals surface area (Å²) in [5.41, 5.74) is 1.52. The van der Waals surface area contributed by atoms with Crippen LogP contribution in [0.25, 0.3) is 0 Å². The number of ether oxygens (including phenoxy) is 2. The fourth-order valence-corrected chi connectivity index (χ4v) is 2.96. The number of benzene rings is 2. The maximum absolute atomic E-state index is 12.4. The summed E-state index contributed by atoms with van der Waals surface area (Å²) >= 11 is 0. The van der Waals surface area contributed by atoms with Crippen LogP contribution in [0.4, 0.5) is 0 Å². The van der Waals surface area contributed by atoms with Crippen LogP contribution in [0.5, 0.6) is 11.5 Å². The molecule has 1 amide bonds. The molecule has 0 aliphatic rings. The molecule has 146 valence electrons. The Hall–Kier alpha value is -2.53. The van der Waals surface area contributed by atoms with E-state index in [1.54, 1.807) is 25.3 Å². The molecule has 0 saturated heterocycles. The largest absolute Gasteiger partial charge is 0.493 e. The topological polar surface area (TPSA) is 67.8 Å². The summed E-state index contributed by atoms with van der Waals surface area (Å²) in [6.07, 6.45) is 1.23. The first kappa shape index (κ1) is 20.8. The number of aliphatic hydroxyl groups is 1. The SMILES string of the molecule is CCC(CC)C(O)CNC(=O)c1ccc(OCc2ccccc2)c(OC)c1. The second-order valence-electron chi connectivity index (χ2n) is 6.49. The van der Waals surface area contributed by atoms with Crippen molar-refractivity contribution < 1.29 is 19.4 Å². The monoisotopic (exact) mass is 371 g/mol. The summed E-state index contributed by atoms with van der Waals surface area (Å²) in [4.78, 5) is 12.4. The van der Waals surface area contributed by atoms with Gasteiger partial charge in [-0.05, 0) is 29.7 Å². The van der Waals surface area contributed by atoms with Gasteiger partial charge < -0.3 is 19.9 Å². The van der Waals surface area contributed by atoms with Gasteiger partial charge in [-0.2, -0.15) is 0 Å². The molecule has 1 unspecified atom stereocenters. The highest BCUT2D eigenvalue weighted by Gasteiger charge is 2.17. The van der Waals surface area contributed by atoms with E-state index in [-0.39, 0.29) is 18.4 Å². The van der Waals surface area contributed by atoms with Gasteiger partial charge in [0, 0.05) is 12.1 Å². The maximum atomic E-state index is 12.4. The van der Waals surface area contributed by atoms with Crippen LogP contribution in [0.1, 0.15) is 42.6 Å². The summed E-state index contributed by atoms with van der Waals surface area (Å²) in [5.74, 6) is 1.02. The molecule has 5 nitrogen and oxygen atoms in total. The molecule has 2 aromatic rings. The van der Waals surface area contributed by atoms with Gasteiger partial charge >= 0.3 is 0 Å². The zero-order valence-corrected chi connectivity index (χ0v) is 16.3. The molecule has 5 heteroatoms. The molecular formula is C22H29NO4. The van der Waals surface area contributed by atoms with E-state index >= 15 is 0 Å². The van der Waals surface area contributed by atoms with Crippen LogP contribution in [0.15, 0.2) is 48.5 Å². The zero-order chi connectivity index (χ0) is 19.6. The second-order valence-corrected chi connectivity index (χ2v) is 6.49. The minimum atomic E-state index is -0.542. The van der Waals surface area contributed by atoms with Crippen molar-refractivity contribution in [1.29, 1.82) is 0 Å². The Morgan fingerprint density at radius 3 is 2.41 bits per heavy atom. The van der Waals surface area contributed by atoms with Crippen LogP contribution in [0, 0.1) is 5.92 Å². The molecule has 0 aliphatic carbocycles. The van der Waals surface area contributed by atoms with Gasteiger partial charge in [0.05, 0.1) is 13.2 Å². The van der Waals surface area contributed by atoms with E-state index in [1.165, 1.54) is 0 Å². The van der Waals surface area contributed by atoms with Gasteiger partial charge in [-0.25, -0.2) is 0 Å². The first-order valence-corrected chi connectivity index (χ1v) is 9.40. The predicted octanol–water partition coefficient (Wildman–Crippen LogP) is 3.80. The molecule has 27 heavy (non-hydrogen) atoms. The lowest BCUT2D eigenvalue weighted by molar-refractivity contribution is 0.0816. The third-order valence-corrected chi connectivity index (χ3v) is 4.73. The van der Waals surface area contributed by atoms with Crippen LogP contribution in [-0.2, 0) is 6.61 Å². The summed E-state index contributed by atoms with van der Waals surface area (Å²) < 4.78 is 11.2. The van der Waals surface area contributed by atoms with E-state index in [0.29, 0.717) is 23.7 Å². The Labute approximate surface area is 161 Å². The van der Waals surface area contributed by atoms with E-state index < -0.39 is 6.10 Å². The van der Waals surface area contributed by atoms with Crippen LogP contribution in [-0.4, -0.2) is 30.8 Å². The van der Waals surface area contributed by atoms with Crippen molar-refractivity contribution in [3.8, 4) is 11.5 Å². The standard InChI is InChI=1S/C22H29NO4/c1-4-17(5-2)19(24)14-23-22(25)18-11-12-20(21(13-18)26-3)27-15-16-9-7-6-8-10-16/h6-13,17,19,24H,4-5,14-15H2,1-3H3,(H,23,25). The highest BCUT2D eigenvalue weighted by molar-refractivity contribution is 5.94. The Morgan fingerprint density at radius 1 is 1.07 bits per heavy atom. The average molecular weight is 371 g/mol. The third kappa shape index (κ3) is 6.00. The first-order chi connectivity index (χ1) is 13.1. The van der Waals surface area contributed by atoms with Crippen LogP contribution < -0.4 is 14.8 Å². The second kappa shape index (κ2) is 10.6. The number of aliphatic hydroxyl groups excluding tert-OH is 1. The Kier molecular flexibility index (Phi) is 8.14. The predicted molar refractivity (Wildman–Crippen MR) is 106 cm³/mol. The number of methoxy groups -OCH3 is 1. The number of hydrogen-bond donors (Lipinski definition) is 2. The molecular weight excluding hydrogens is 342 g/mol.